The van der Waals surface area contributed by atoms with Crippen LogP contribution in [0.3, 0.4) is 0 Å². The number of nitrogens with zero attached hydrogens (tertiary/aromatic N) is 3. The third-order valence-corrected chi connectivity index (χ3v) is 6.76. The number of halogens is 2. The number of nitrogens with one attached hydrogen (secondary N) is 2. The number of amides is 1. The van der Waals surface area contributed by atoms with Crippen molar-refractivity contribution in [3.05, 3.63) is 92.3 Å². The number of rotatable bonds is 9. The SMILES string of the molecule is COc1nc(-c2cccc(-c3cccc(NC(=O)c4ccnn(C)c4=O)c3Cl)c2Cl)ccc1CNCC(C)O. The van der Waals surface area contributed by atoms with E-state index in [4.69, 9.17) is 27.9 Å². The number of hydrogen-bond donors (Lipinski definition) is 3. The molecule has 39 heavy (non-hydrogen) atoms. The van der Waals surface area contributed by atoms with E-state index in [1.54, 1.807) is 32.2 Å². The van der Waals surface area contributed by atoms with Gasteiger partial charge in [0.25, 0.3) is 11.5 Å². The molecule has 4 aromatic rings. The molecule has 9 nitrogen and oxygen atoms in total. The van der Waals surface area contributed by atoms with Crippen molar-refractivity contribution in [2.75, 3.05) is 19.0 Å². The van der Waals surface area contributed by atoms with Gasteiger partial charge >= 0.3 is 0 Å². The number of aryl methyl sites for hydroxylation is 1. The second kappa shape index (κ2) is 12.4. The zero-order chi connectivity index (χ0) is 28.1. The Labute approximate surface area is 235 Å². The molecule has 2 aromatic carbocycles. The van der Waals surface area contributed by atoms with Crippen LogP contribution in [-0.2, 0) is 13.6 Å². The van der Waals surface area contributed by atoms with Gasteiger partial charge in [0.15, 0.2) is 0 Å². The first-order valence-corrected chi connectivity index (χ1v) is 12.8. The summed E-state index contributed by atoms with van der Waals surface area (Å²) in [5.74, 6) is -0.159. The van der Waals surface area contributed by atoms with Crippen molar-refractivity contribution >= 4 is 34.8 Å². The Balaban J connectivity index is 1.66. The average Bonchev–Trinajstić information content (AvgIpc) is 2.91. The Hall–Kier alpha value is -3.76. The van der Waals surface area contributed by atoms with E-state index in [0.717, 1.165) is 10.2 Å². The second-order valence-electron chi connectivity index (χ2n) is 8.81. The largest absolute Gasteiger partial charge is 0.481 e. The molecule has 2 heterocycles. The molecule has 11 heteroatoms. The van der Waals surface area contributed by atoms with E-state index in [0.29, 0.717) is 52.1 Å². The molecule has 0 spiro atoms. The lowest BCUT2D eigenvalue weighted by molar-refractivity contribution is 0.102. The Bertz CT molecular complexity index is 1570. The highest BCUT2D eigenvalue weighted by Crippen LogP contribution is 2.41. The van der Waals surface area contributed by atoms with Crippen molar-refractivity contribution in [3.63, 3.8) is 0 Å². The molecule has 1 unspecified atom stereocenters. The number of aromatic nitrogens is 3. The van der Waals surface area contributed by atoms with Gasteiger partial charge in [0.1, 0.15) is 5.56 Å². The smallest absolute Gasteiger partial charge is 0.279 e. The third-order valence-electron chi connectivity index (χ3n) is 5.95. The number of carbonyl (C=O) groups excluding carboxylic acids is 1. The van der Waals surface area contributed by atoms with E-state index in [9.17, 15) is 14.7 Å². The van der Waals surface area contributed by atoms with Crippen LogP contribution >= 0.6 is 23.2 Å². The maximum absolute atomic E-state index is 12.8. The monoisotopic (exact) mass is 567 g/mol. The Kier molecular flexibility index (Phi) is 8.98. The number of anilines is 1. The van der Waals surface area contributed by atoms with E-state index in [1.807, 2.05) is 30.3 Å². The minimum absolute atomic E-state index is 0.0569. The molecule has 0 aliphatic heterocycles. The summed E-state index contributed by atoms with van der Waals surface area (Å²) in [6, 6.07) is 15.8. The Morgan fingerprint density at radius 3 is 2.46 bits per heavy atom. The molecule has 0 aliphatic rings. The number of hydrogen-bond acceptors (Lipinski definition) is 7. The normalized spacial score (nSPS) is 11.7. The molecule has 0 aliphatic carbocycles. The second-order valence-corrected chi connectivity index (χ2v) is 9.56. The summed E-state index contributed by atoms with van der Waals surface area (Å²) in [4.78, 5) is 29.8. The van der Waals surface area contributed by atoms with Crippen LogP contribution in [0.4, 0.5) is 5.69 Å². The van der Waals surface area contributed by atoms with Crippen LogP contribution < -0.4 is 20.9 Å². The van der Waals surface area contributed by atoms with Gasteiger partial charge in [-0.15, -0.1) is 0 Å². The fraction of sp³-hybridized carbons (Fsp3) is 0.214. The van der Waals surface area contributed by atoms with Crippen LogP contribution in [0.5, 0.6) is 5.88 Å². The van der Waals surface area contributed by atoms with Crippen LogP contribution in [-0.4, -0.2) is 45.5 Å². The van der Waals surface area contributed by atoms with Gasteiger partial charge < -0.3 is 20.5 Å². The minimum Gasteiger partial charge on any atom is -0.481 e. The summed E-state index contributed by atoms with van der Waals surface area (Å²) in [7, 11) is 3.01. The minimum atomic E-state index is -0.601. The summed E-state index contributed by atoms with van der Waals surface area (Å²) in [5.41, 5.74) is 3.09. The van der Waals surface area contributed by atoms with Crippen molar-refractivity contribution in [3.8, 4) is 28.3 Å². The van der Waals surface area contributed by atoms with Crippen LogP contribution in [0.1, 0.15) is 22.8 Å². The van der Waals surface area contributed by atoms with Crippen molar-refractivity contribution < 1.29 is 14.6 Å². The first kappa shape index (κ1) is 28.3. The molecule has 3 N–H and O–H groups in total. The van der Waals surface area contributed by atoms with Crippen LogP contribution in [0.15, 0.2) is 65.6 Å². The number of benzene rings is 2. The number of methoxy groups -OCH3 is 1. The summed E-state index contributed by atoms with van der Waals surface area (Å²) < 4.78 is 6.58. The standard InChI is InChI=1S/C28H27Cl2N5O4/c1-16(36)14-31-15-17-10-11-22(34-27(17)39-3)20-8-4-6-18(24(20)29)19-7-5-9-23(25(19)30)33-26(37)21-12-13-32-35(2)28(21)38/h4-13,16,31,36H,14-15H2,1-3H3,(H,33,37). The quantitative estimate of drug-likeness (QED) is 0.271. The van der Waals surface area contributed by atoms with Crippen LogP contribution in [0.2, 0.25) is 10.0 Å². The van der Waals surface area contributed by atoms with E-state index < -0.39 is 17.6 Å². The van der Waals surface area contributed by atoms with Crippen molar-refractivity contribution in [2.45, 2.75) is 19.6 Å². The third kappa shape index (κ3) is 6.29. The van der Waals surface area contributed by atoms with E-state index in [-0.39, 0.29) is 10.6 Å². The van der Waals surface area contributed by atoms with Gasteiger partial charge in [-0.2, -0.15) is 5.10 Å². The van der Waals surface area contributed by atoms with Gasteiger partial charge in [-0.05, 0) is 25.1 Å². The Morgan fingerprint density at radius 2 is 1.74 bits per heavy atom. The fourth-order valence-corrected chi connectivity index (χ4v) is 4.59. The maximum Gasteiger partial charge on any atom is 0.279 e. The van der Waals surface area contributed by atoms with Gasteiger partial charge in [-0.1, -0.05) is 59.6 Å². The highest BCUT2D eigenvalue weighted by molar-refractivity contribution is 6.39. The van der Waals surface area contributed by atoms with Crippen LogP contribution in [0.25, 0.3) is 22.4 Å². The predicted molar refractivity (Wildman–Crippen MR) is 152 cm³/mol. The lowest BCUT2D eigenvalue weighted by Gasteiger charge is -2.15. The number of aliphatic hydroxyl groups is 1. The molecular weight excluding hydrogens is 541 g/mol. The highest BCUT2D eigenvalue weighted by Gasteiger charge is 2.19. The molecule has 2 aromatic heterocycles. The summed E-state index contributed by atoms with van der Waals surface area (Å²) in [5, 5.41) is 19.9. The van der Waals surface area contributed by atoms with Gasteiger partial charge in [0, 0.05) is 48.6 Å². The first-order chi connectivity index (χ1) is 18.7. The number of aliphatic hydroxyl groups excluding tert-OH is 1. The average molecular weight is 568 g/mol. The molecule has 0 fully saturated rings. The predicted octanol–water partition coefficient (Wildman–Crippen LogP) is 4.55. The zero-order valence-electron chi connectivity index (χ0n) is 21.5. The van der Waals surface area contributed by atoms with Crippen molar-refractivity contribution in [2.24, 2.45) is 7.05 Å². The Morgan fingerprint density at radius 1 is 1.05 bits per heavy atom. The summed E-state index contributed by atoms with van der Waals surface area (Å²) in [6.07, 6.45) is 0.910. The molecular formula is C28H27Cl2N5O4. The fourth-order valence-electron chi connectivity index (χ4n) is 3.99. The molecule has 0 bridgehead atoms. The molecule has 1 amide bonds. The van der Waals surface area contributed by atoms with Crippen molar-refractivity contribution in [1.29, 1.82) is 0 Å². The highest BCUT2D eigenvalue weighted by atomic mass is 35.5. The zero-order valence-corrected chi connectivity index (χ0v) is 23.0. The molecule has 0 saturated carbocycles. The molecule has 0 radical (unpaired) electrons. The summed E-state index contributed by atoms with van der Waals surface area (Å²) in [6.45, 7) is 2.63. The summed E-state index contributed by atoms with van der Waals surface area (Å²) >= 11 is 13.6. The van der Waals surface area contributed by atoms with Gasteiger partial charge in [0.05, 0.1) is 34.6 Å². The van der Waals surface area contributed by atoms with Gasteiger partial charge in [-0.3, -0.25) is 9.59 Å². The number of pyridine rings is 1. The molecule has 4 rings (SSSR count). The van der Waals surface area contributed by atoms with E-state index in [2.05, 4.69) is 20.7 Å². The molecule has 0 saturated heterocycles. The number of ether oxygens (including phenoxy) is 1. The van der Waals surface area contributed by atoms with Gasteiger partial charge in [0.2, 0.25) is 5.88 Å². The van der Waals surface area contributed by atoms with Crippen LogP contribution in [0, 0.1) is 0 Å². The lowest BCUT2D eigenvalue weighted by atomic mass is 10.00. The van der Waals surface area contributed by atoms with E-state index in [1.165, 1.54) is 19.3 Å². The van der Waals surface area contributed by atoms with Crippen molar-refractivity contribution in [1.82, 2.24) is 20.1 Å². The number of carbonyl (C=O) groups is 1. The molecule has 202 valence electrons. The maximum atomic E-state index is 12.8. The topological polar surface area (TPSA) is 118 Å². The lowest BCUT2D eigenvalue weighted by Crippen LogP contribution is -2.28. The first-order valence-electron chi connectivity index (χ1n) is 12.1. The van der Waals surface area contributed by atoms with Gasteiger partial charge in [-0.25, -0.2) is 9.67 Å². The molecule has 1 atom stereocenters. The van der Waals surface area contributed by atoms with E-state index >= 15 is 0 Å².